The maximum absolute atomic E-state index is 12.3. The van der Waals surface area contributed by atoms with Crippen LogP contribution in [0.25, 0.3) is 0 Å². The van der Waals surface area contributed by atoms with Gasteiger partial charge in [-0.25, -0.2) is 0 Å². The Balaban J connectivity index is 2.05. The number of hydrogen-bond acceptors (Lipinski definition) is 6. The van der Waals surface area contributed by atoms with E-state index < -0.39 is 5.91 Å². The van der Waals surface area contributed by atoms with Crippen LogP contribution in [0.4, 0.5) is 5.82 Å². The molecule has 1 aliphatic carbocycles. The zero-order valence-electron chi connectivity index (χ0n) is 11.8. The van der Waals surface area contributed by atoms with E-state index in [0.717, 1.165) is 11.3 Å². The predicted octanol–water partition coefficient (Wildman–Crippen LogP) is 1.46. The lowest BCUT2D eigenvalue weighted by atomic mass is 9.76. The number of aromatic nitrogens is 1. The summed E-state index contributed by atoms with van der Waals surface area (Å²) in [7, 11) is 1.36. The molecule has 2 heterocycles. The number of anilines is 1. The number of amides is 2. The number of rotatable bonds is 2. The molecule has 7 nitrogen and oxygen atoms in total. The first-order valence-electron chi connectivity index (χ1n) is 6.87. The number of nitrogens with one attached hydrogen (secondary N) is 1. The van der Waals surface area contributed by atoms with Gasteiger partial charge >= 0.3 is 5.97 Å². The van der Waals surface area contributed by atoms with Crippen molar-refractivity contribution in [3.05, 3.63) is 8.83 Å². The highest BCUT2D eigenvalue weighted by molar-refractivity contribution is 7.73. The summed E-state index contributed by atoms with van der Waals surface area (Å²) >= 11 is 6.41. The number of carbonyl (C=O) groups excluding carboxylic acids is 3. The molecule has 3 N–H and O–H groups in total. The van der Waals surface area contributed by atoms with E-state index in [2.05, 4.69) is 5.32 Å². The number of primary amides is 1. The van der Waals surface area contributed by atoms with E-state index in [-0.39, 0.29) is 34.6 Å². The number of ether oxygens (including phenoxy) is 1. The third-order valence-corrected chi connectivity index (χ3v) is 5.74. The van der Waals surface area contributed by atoms with E-state index in [9.17, 15) is 14.4 Å². The predicted molar refractivity (Wildman–Crippen MR) is 82.2 cm³/mol. The highest BCUT2D eigenvalue weighted by Gasteiger charge is 2.44. The Bertz CT molecular complexity index is 723. The van der Waals surface area contributed by atoms with E-state index in [0.29, 0.717) is 29.0 Å². The second-order valence-corrected chi connectivity index (χ2v) is 7.12. The van der Waals surface area contributed by atoms with Crippen LogP contribution in [-0.4, -0.2) is 29.5 Å². The van der Waals surface area contributed by atoms with E-state index in [1.54, 1.807) is 4.57 Å². The molecule has 0 saturated heterocycles. The van der Waals surface area contributed by atoms with Gasteiger partial charge in [0.1, 0.15) is 10.7 Å². The Hall–Kier alpha value is -1.74. The van der Waals surface area contributed by atoms with Crippen LogP contribution in [-0.2, 0) is 14.3 Å². The number of esters is 1. The summed E-state index contributed by atoms with van der Waals surface area (Å²) in [5.41, 5.74) is 5.35. The average molecular weight is 341 g/mol. The molecule has 1 aromatic heterocycles. The van der Waals surface area contributed by atoms with Crippen molar-refractivity contribution in [3.8, 4) is 0 Å². The molecule has 3 rings (SSSR count). The zero-order chi connectivity index (χ0) is 16.0. The summed E-state index contributed by atoms with van der Waals surface area (Å²) in [5, 5.41) is 2.74. The summed E-state index contributed by atoms with van der Waals surface area (Å²) in [6, 6.07) is -0.238. The molecule has 3 atom stereocenters. The van der Waals surface area contributed by atoms with Crippen LogP contribution in [0.3, 0.4) is 0 Å². The van der Waals surface area contributed by atoms with Crippen LogP contribution in [0.2, 0.25) is 0 Å². The van der Waals surface area contributed by atoms with Gasteiger partial charge in [0.15, 0.2) is 3.95 Å². The van der Waals surface area contributed by atoms with E-state index in [1.165, 1.54) is 7.11 Å². The van der Waals surface area contributed by atoms with Crippen molar-refractivity contribution in [2.75, 3.05) is 12.4 Å². The fourth-order valence-electron chi connectivity index (χ4n) is 3.30. The summed E-state index contributed by atoms with van der Waals surface area (Å²) in [6.45, 7) is 0. The quantitative estimate of drug-likeness (QED) is 0.626. The summed E-state index contributed by atoms with van der Waals surface area (Å²) in [5.74, 6) is -1.20. The number of thiazole rings is 1. The van der Waals surface area contributed by atoms with Crippen molar-refractivity contribution in [1.29, 1.82) is 0 Å². The van der Waals surface area contributed by atoms with Gasteiger partial charge in [0.05, 0.1) is 18.9 Å². The Morgan fingerprint density at radius 2 is 2.18 bits per heavy atom. The molecule has 0 bridgehead atoms. The van der Waals surface area contributed by atoms with Gasteiger partial charge in [-0.1, -0.05) is 11.3 Å². The Labute approximate surface area is 135 Å². The Morgan fingerprint density at radius 3 is 2.82 bits per heavy atom. The molecular formula is C13H15N3O4S2. The maximum Gasteiger partial charge on any atom is 0.308 e. The van der Waals surface area contributed by atoms with Crippen LogP contribution in [0.15, 0.2) is 0 Å². The maximum atomic E-state index is 12.3. The van der Waals surface area contributed by atoms with Gasteiger partial charge in [0.2, 0.25) is 5.91 Å². The fraction of sp³-hybridized carbons (Fsp3) is 0.538. The third-order valence-electron chi connectivity index (χ3n) is 4.33. The second kappa shape index (κ2) is 5.47. The summed E-state index contributed by atoms with van der Waals surface area (Å²) in [4.78, 5) is 35.9. The van der Waals surface area contributed by atoms with Crippen LogP contribution < -0.4 is 11.1 Å². The first-order valence-corrected chi connectivity index (χ1v) is 8.10. The molecule has 118 valence electrons. The lowest BCUT2D eigenvalue weighted by Gasteiger charge is -2.39. The van der Waals surface area contributed by atoms with Gasteiger partial charge < -0.3 is 20.4 Å². The molecule has 22 heavy (non-hydrogen) atoms. The molecule has 1 aromatic rings. The number of methoxy groups -OCH3 is 1. The highest BCUT2D eigenvalue weighted by atomic mass is 32.1. The monoisotopic (exact) mass is 341 g/mol. The first kappa shape index (κ1) is 15.2. The molecule has 1 fully saturated rings. The normalized spacial score (nSPS) is 26.6. The van der Waals surface area contributed by atoms with Gasteiger partial charge in [-0.05, 0) is 31.5 Å². The van der Waals surface area contributed by atoms with Crippen molar-refractivity contribution in [1.82, 2.24) is 4.57 Å². The van der Waals surface area contributed by atoms with Crippen LogP contribution in [0.5, 0.6) is 0 Å². The van der Waals surface area contributed by atoms with E-state index in [4.69, 9.17) is 22.7 Å². The van der Waals surface area contributed by atoms with Gasteiger partial charge in [-0.3, -0.25) is 14.4 Å². The topological polar surface area (TPSA) is 103 Å². The van der Waals surface area contributed by atoms with Crippen molar-refractivity contribution in [2.24, 2.45) is 17.6 Å². The minimum atomic E-state index is -0.621. The molecule has 3 unspecified atom stereocenters. The smallest absolute Gasteiger partial charge is 0.308 e. The van der Waals surface area contributed by atoms with Crippen LogP contribution in [0.1, 0.15) is 35.0 Å². The Kier molecular flexibility index (Phi) is 3.77. The number of nitrogens with zero attached hydrogens (tertiary/aromatic N) is 1. The minimum Gasteiger partial charge on any atom is -0.469 e. The molecule has 1 aliphatic heterocycles. The number of carbonyl (C=O) groups is 3. The minimum absolute atomic E-state index is 0.149. The number of fused-ring (bicyclic) bond motifs is 3. The number of nitrogens with two attached hydrogens (primary N) is 1. The molecule has 2 aliphatic rings. The molecule has 1 saturated carbocycles. The lowest BCUT2D eigenvalue weighted by molar-refractivity contribution is -0.148. The van der Waals surface area contributed by atoms with E-state index in [1.807, 2.05) is 0 Å². The van der Waals surface area contributed by atoms with Crippen molar-refractivity contribution >= 4 is 47.2 Å². The molecule has 0 aromatic carbocycles. The molecule has 2 amide bonds. The van der Waals surface area contributed by atoms with Gasteiger partial charge in [-0.15, -0.1) is 0 Å². The van der Waals surface area contributed by atoms with Crippen LogP contribution >= 0.6 is 23.6 Å². The first-order chi connectivity index (χ1) is 10.4. The number of hydrogen-bond donors (Lipinski definition) is 2. The molecule has 0 radical (unpaired) electrons. The van der Waals surface area contributed by atoms with Gasteiger partial charge in [0.25, 0.3) is 5.91 Å². The summed E-state index contributed by atoms with van der Waals surface area (Å²) < 4.78 is 7.05. The average Bonchev–Trinajstić information content (AvgIpc) is 2.83. The lowest BCUT2D eigenvalue weighted by Crippen LogP contribution is -2.42. The molecule has 0 spiro atoms. The highest BCUT2D eigenvalue weighted by Crippen LogP contribution is 2.45. The third kappa shape index (κ3) is 2.24. The van der Waals surface area contributed by atoms with Crippen molar-refractivity contribution < 1.29 is 19.1 Å². The van der Waals surface area contributed by atoms with Crippen molar-refractivity contribution in [3.63, 3.8) is 0 Å². The van der Waals surface area contributed by atoms with Crippen molar-refractivity contribution in [2.45, 2.75) is 25.3 Å². The summed E-state index contributed by atoms with van der Waals surface area (Å²) in [6.07, 6.45) is 1.66. The molecule has 9 heteroatoms. The fourth-order valence-corrected chi connectivity index (χ4v) is 4.62. The van der Waals surface area contributed by atoms with Crippen LogP contribution in [0, 0.1) is 15.8 Å². The largest absolute Gasteiger partial charge is 0.469 e. The SMILES string of the molecule is COC(=O)C1CCC2C(=O)Nc3c(C(N)=O)sc(=S)n3C2C1. The van der Waals surface area contributed by atoms with E-state index >= 15 is 0 Å². The van der Waals surface area contributed by atoms with Gasteiger partial charge in [-0.2, -0.15) is 0 Å². The zero-order valence-corrected chi connectivity index (χ0v) is 13.5. The molecular weight excluding hydrogens is 326 g/mol. The standard InChI is InChI=1S/C13H15N3O4S2/c1-20-12(19)5-2-3-6-7(4-5)16-10(15-11(6)18)8(9(14)17)22-13(16)21/h5-7H,2-4H2,1H3,(H2,14,17)(H,15,18). The second-order valence-electron chi connectivity index (χ2n) is 5.48. The Morgan fingerprint density at radius 1 is 1.45 bits per heavy atom. The van der Waals surface area contributed by atoms with Gasteiger partial charge in [0, 0.05) is 6.04 Å².